The lowest BCUT2D eigenvalue weighted by Crippen LogP contribution is -2.41. The Balaban J connectivity index is 2.20. The average Bonchev–Trinajstić information content (AvgIpc) is 2.81. The Kier molecular flexibility index (Phi) is 3.72. The number of hydrogen-bond acceptors (Lipinski definition) is 4. The molecule has 1 aromatic rings. The molecule has 0 aromatic carbocycles. The van der Waals surface area contributed by atoms with Gasteiger partial charge in [-0.15, -0.1) is 11.3 Å². The van der Waals surface area contributed by atoms with E-state index in [0.717, 1.165) is 13.1 Å². The SMILES string of the molecule is CCN1CCC[C@H](CN)[C@H]1c1cncs1. The van der Waals surface area contributed by atoms with Crippen LogP contribution in [0.25, 0.3) is 0 Å². The summed E-state index contributed by atoms with van der Waals surface area (Å²) >= 11 is 1.76. The van der Waals surface area contributed by atoms with E-state index < -0.39 is 0 Å². The molecule has 3 nitrogen and oxygen atoms in total. The Bertz CT molecular complexity index is 274. The number of thiazole rings is 1. The van der Waals surface area contributed by atoms with Crippen molar-refractivity contribution in [1.82, 2.24) is 9.88 Å². The number of aromatic nitrogens is 1. The molecule has 15 heavy (non-hydrogen) atoms. The van der Waals surface area contributed by atoms with Crippen molar-refractivity contribution in [2.75, 3.05) is 19.6 Å². The molecule has 1 fully saturated rings. The second-order valence-corrected chi connectivity index (χ2v) is 5.03. The molecule has 1 aromatic heterocycles. The monoisotopic (exact) mass is 225 g/mol. The third-order valence-electron chi connectivity index (χ3n) is 3.31. The van der Waals surface area contributed by atoms with Gasteiger partial charge in [-0.05, 0) is 38.4 Å². The molecule has 0 aliphatic carbocycles. The highest BCUT2D eigenvalue weighted by Crippen LogP contribution is 2.36. The van der Waals surface area contributed by atoms with Gasteiger partial charge in [0.25, 0.3) is 0 Å². The molecule has 1 aliphatic rings. The Labute approximate surface area is 95.3 Å². The fraction of sp³-hybridized carbons (Fsp3) is 0.727. The smallest absolute Gasteiger partial charge is 0.0794 e. The van der Waals surface area contributed by atoms with Crippen molar-refractivity contribution in [3.63, 3.8) is 0 Å². The summed E-state index contributed by atoms with van der Waals surface area (Å²) in [5.74, 6) is 0.610. The lowest BCUT2D eigenvalue weighted by atomic mass is 9.88. The summed E-state index contributed by atoms with van der Waals surface area (Å²) in [6.07, 6.45) is 4.55. The minimum Gasteiger partial charge on any atom is -0.330 e. The molecule has 2 rings (SSSR count). The van der Waals surface area contributed by atoms with Crippen molar-refractivity contribution in [2.45, 2.75) is 25.8 Å². The van der Waals surface area contributed by atoms with Gasteiger partial charge < -0.3 is 5.73 Å². The molecule has 1 aliphatic heterocycles. The third kappa shape index (κ3) is 2.22. The van der Waals surface area contributed by atoms with E-state index in [1.807, 2.05) is 11.7 Å². The molecule has 4 heteroatoms. The van der Waals surface area contributed by atoms with Crippen molar-refractivity contribution in [3.05, 3.63) is 16.6 Å². The maximum Gasteiger partial charge on any atom is 0.0794 e. The first-order chi connectivity index (χ1) is 7.36. The van der Waals surface area contributed by atoms with Crippen LogP contribution in [0.1, 0.15) is 30.7 Å². The molecule has 2 atom stereocenters. The topological polar surface area (TPSA) is 42.1 Å². The molecule has 0 unspecified atom stereocenters. The lowest BCUT2D eigenvalue weighted by molar-refractivity contribution is 0.104. The molecule has 2 N–H and O–H groups in total. The fourth-order valence-corrected chi connectivity index (χ4v) is 3.38. The highest BCUT2D eigenvalue weighted by molar-refractivity contribution is 7.09. The quantitative estimate of drug-likeness (QED) is 0.854. The third-order valence-corrected chi connectivity index (χ3v) is 4.16. The number of hydrogen-bond donors (Lipinski definition) is 1. The maximum atomic E-state index is 5.87. The molecule has 84 valence electrons. The highest BCUT2D eigenvalue weighted by atomic mass is 32.1. The van der Waals surface area contributed by atoms with E-state index in [-0.39, 0.29) is 0 Å². The van der Waals surface area contributed by atoms with E-state index in [4.69, 9.17) is 5.73 Å². The predicted octanol–water partition coefficient (Wildman–Crippen LogP) is 1.87. The van der Waals surface area contributed by atoms with Crippen molar-refractivity contribution in [1.29, 1.82) is 0 Å². The van der Waals surface area contributed by atoms with E-state index in [1.165, 1.54) is 24.3 Å². The molecular formula is C11H19N3S. The van der Waals surface area contributed by atoms with E-state index in [0.29, 0.717) is 12.0 Å². The zero-order valence-electron chi connectivity index (χ0n) is 9.22. The first-order valence-corrected chi connectivity index (χ1v) is 6.57. The summed E-state index contributed by atoms with van der Waals surface area (Å²) in [6.45, 7) is 5.33. The minimum atomic E-state index is 0.515. The van der Waals surface area contributed by atoms with E-state index in [2.05, 4.69) is 16.8 Å². The van der Waals surface area contributed by atoms with Gasteiger partial charge in [-0.1, -0.05) is 6.92 Å². The van der Waals surface area contributed by atoms with Crippen LogP contribution in [0.3, 0.4) is 0 Å². The summed E-state index contributed by atoms with van der Waals surface area (Å²) in [5.41, 5.74) is 7.80. The molecular weight excluding hydrogens is 206 g/mol. The Hall–Kier alpha value is -0.450. The number of likely N-dealkylation sites (tertiary alicyclic amines) is 1. The van der Waals surface area contributed by atoms with Crippen LogP contribution in [0.2, 0.25) is 0 Å². The van der Waals surface area contributed by atoms with Gasteiger partial charge in [-0.2, -0.15) is 0 Å². The van der Waals surface area contributed by atoms with E-state index in [1.54, 1.807) is 11.3 Å². The number of rotatable bonds is 3. The van der Waals surface area contributed by atoms with Crippen LogP contribution >= 0.6 is 11.3 Å². The summed E-state index contributed by atoms with van der Waals surface area (Å²) in [7, 11) is 0. The summed E-state index contributed by atoms with van der Waals surface area (Å²) in [6, 6.07) is 0.515. The first kappa shape index (κ1) is 11.0. The van der Waals surface area contributed by atoms with Crippen molar-refractivity contribution >= 4 is 11.3 Å². The van der Waals surface area contributed by atoms with Crippen LogP contribution in [0, 0.1) is 5.92 Å². The number of nitrogens with two attached hydrogens (primary N) is 1. The molecule has 1 saturated heterocycles. The van der Waals surface area contributed by atoms with Crippen LogP contribution < -0.4 is 5.73 Å². The predicted molar refractivity (Wildman–Crippen MR) is 63.9 cm³/mol. The van der Waals surface area contributed by atoms with Crippen LogP contribution in [0.4, 0.5) is 0 Å². The maximum absolute atomic E-state index is 5.87. The van der Waals surface area contributed by atoms with Crippen LogP contribution in [0.5, 0.6) is 0 Å². The largest absolute Gasteiger partial charge is 0.330 e. The first-order valence-electron chi connectivity index (χ1n) is 5.69. The second kappa shape index (κ2) is 5.05. The van der Waals surface area contributed by atoms with Crippen LogP contribution in [-0.4, -0.2) is 29.5 Å². The summed E-state index contributed by atoms with van der Waals surface area (Å²) in [4.78, 5) is 8.10. The molecule has 0 spiro atoms. The van der Waals surface area contributed by atoms with Crippen LogP contribution in [-0.2, 0) is 0 Å². The zero-order valence-corrected chi connectivity index (χ0v) is 10.0. The van der Waals surface area contributed by atoms with E-state index in [9.17, 15) is 0 Å². The van der Waals surface area contributed by atoms with Gasteiger partial charge in [0, 0.05) is 17.1 Å². The molecule has 0 bridgehead atoms. The summed E-state index contributed by atoms with van der Waals surface area (Å²) < 4.78 is 0. The van der Waals surface area contributed by atoms with Gasteiger partial charge in [0.15, 0.2) is 0 Å². The normalized spacial score (nSPS) is 28.1. The minimum absolute atomic E-state index is 0.515. The Morgan fingerprint density at radius 3 is 3.13 bits per heavy atom. The summed E-state index contributed by atoms with van der Waals surface area (Å²) in [5, 5.41) is 0. The van der Waals surface area contributed by atoms with Gasteiger partial charge in [0.05, 0.1) is 5.51 Å². The van der Waals surface area contributed by atoms with Gasteiger partial charge in [0.2, 0.25) is 0 Å². The average molecular weight is 225 g/mol. The fourth-order valence-electron chi connectivity index (χ4n) is 2.54. The standard InChI is InChI=1S/C11H19N3S/c1-2-14-5-3-4-9(6-12)11(14)10-7-13-8-15-10/h7-9,11H,2-6,12H2,1H3/t9-,11+/m1/s1. The van der Waals surface area contributed by atoms with Crippen LogP contribution in [0.15, 0.2) is 11.7 Å². The Morgan fingerprint density at radius 2 is 2.53 bits per heavy atom. The highest BCUT2D eigenvalue weighted by Gasteiger charge is 2.31. The molecule has 2 heterocycles. The molecule has 0 saturated carbocycles. The Morgan fingerprint density at radius 1 is 1.67 bits per heavy atom. The van der Waals surface area contributed by atoms with Gasteiger partial charge in [0.1, 0.15) is 0 Å². The zero-order chi connectivity index (χ0) is 10.7. The van der Waals surface area contributed by atoms with E-state index >= 15 is 0 Å². The van der Waals surface area contributed by atoms with Gasteiger partial charge in [-0.25, -0.2) is 0 Å². The van der Waals surface area contributed by atoms with Gasteiger partial charge in [-0.3, -0.25) is 9.88 Å². The second-order valence-electron chi connectivity index (χ2n) is 4.12. The lowest BCUT2D eigenvalue weighted by Gasteiger charge is -2.39. The molecule has 0 radical (unpaired) electrons. The van der Waals surface area contributed by atoms with Crippen molar-refractivity contribution in [3.8, 4) is 0 Å². The number of piperidine rings is 1. The van der Waals surface area contributed by atoms with Gasteiger partial charge >= 0.3 is 0 Å². The van der Waals surface area contributed by atoms with Crippen molar-refractivity contribution in [2.24, 2.45) is 11.7 Å². The van der Waals surface area contributed by atoms with Crippen molar-refractivity contribution < 1.29 is 0 Å². The number of nitrogens with zero attached hydrogens (tertiary/aromatic N) is 2. The molecule has 0 amide bonds.